The van der Waals surface area contributed by atoms with Crippen molar-refractivity contribution in [3.05, 3.63) is 34.4 Å². The van der Waals surface area contributed by atoms with E-state index in [-0.39, 0.29) is 22.6 Å². The van der Waals surface area contributed by atoms with Crippen molar-refractivity contribution in [1.82, 2.24) is 9.80 Å². The molecule has 148 valence electrons. The fourth-order valence-corrected chi connectivity index (χ4v) is 4.42. The summed E-state index contributed by atoms with van der Waals surface area (Å²) < 4.78 is 0. The molecule has 0 unspecified atom stereocenters. The maximum Gasteiger partial charge on any atom is 0.269 e. The highest BCUT2D eigenvalue weighted by atomic mass is 16.6. The third-order valence-corrected chi connectivity index (χ3v) is 5.83. The second-order valence-electron chi connectivity index (χ2n) is 8.16. The molecule has 2 heterocycles. The van der Waals surface area contributed by atoms with E-state index in [0.29, 0.717) is 11.8 Å². The van der Waals surface area contributed by atoms with E-state index in [1.165, 1.54) is 6.42 Å². The van der Waals surface area contributed by atoms with Crippen LogP contribution in [0.5, 0.6) is 0 Å². The lowest BCUT2D eigenvalue weighted by atomic mass is 9.91. The molecule has 27 heavy (non-hydrogen) atoms. The molecule has 1 aromatic carbocycles. The minimum absolute atomic E-state index is 0.0958. The molecule has 0 radical (unpaired) electrons. The monoisotopic (exact) mass is 374 g/mol. The lowest BCUT2D eigenvalue weighted by Crippen LogP contribution is -2.56. The summed E-state index contributed by atoms with van der Waals surface area (Å²) in [6.45, 7) is 11.5. The molecule has 3 rings (SSSR count). The SMILES string of the molecule is C[C@@H]1C[C@@H](C)CN(C(=O)[C@@H](C)N2CCN(c3ccc([N+](=O)[O-])cc3)CC2)C1. The van der Waals surface area contributed by atoms with E-state index in [4.69, 9.17) is 0 Å². The highest BCUT2D eigenvalue weighted by molar-refractivity contribution is 5.81. The minimum Gasteiger partial charge on any atom is -0.369 e. The first kappa shape index (κ1) is 19.6. The van der Waals surface area contributed by atoms with Gasteiger partial charge in [-0.15, -0.1) is 0 Å². The number of nitrogens with zero attached hydrogens (tertiary/aromatic N) is 4. The van der Waals surface area contributed by atoms with Crippen molar-refractivity contribution >= 4 is 17.3 Å². The third kappa shape index (κ3) is 4.58. The fourth-order valence-electron chi connectivity index (χ4n) is 4.42. The predicted molar refractivity (Wildman–Crippen MR) is 106 cm³/mol. The Morgan fingerprint density at radius 3 is 2.15 bits per heavy atom. The molecule has 2 saturated heterocycles. The number of rotatable bonds is 4. The fraction of sp³-hybridized carbons (Fsp3) is 0.650. The zero-order chi connectivity index (χ0) is 19.6. The van der Waals surface area contributed by atoms with Crippen LogP contribution in [0.25, 0.3) is 0 Å². The zero-order valence-corrected chi connectivity index (χ0v) is 16.5. The number of anilines is 1. The summed E-state index contributed by atoms with van der Waals surface area (Å²) in [5.41, 5.74) is 1.11. The Bertz CT molecular complexity index is 660. The molecule has 0 aromatic heterocycles. The van der Waals surface area contributed by atoms with Crippen LogP contribution in [-0.2, 0) is 4.79 Å². The molecule has 0 saturated carbocycles. The van der Waals surface area contributed by atoms with Crippen molar-refractivity contribution in [1.29, 1.82) is 0 Å². The molecule has 0 bridgehead atoms. The van der Waals surface area contributed by atoms with Crippen LogP contribution in [0.3, 0.4) is 0 Å². The molecule has 2 aliphatic heterocycles. The van der Waals surface area contributed by atoms with Gasteiger partial charge < -0.3 is 9.80 Å². The largest absolute Gasteiger partial charge is 0.369 e. The molecule has 7 heteroatoms. The first-order valence-electron chi connectivity index (χ1n) is 9.87. The van der Waals surface area contributed by atoms with Gasteiger partial charge in [-0.25, -0.2) is 0 Å². The lowest BCUT2D eigenvalue weighted by molar-refractivity contribution is -0.384. The summed E-state index contributed by atoms with van der Waals surface area (Å²) in [5, 5.41) is 10.8. The van der Waals surface area contributed by atoms with Crippen molar-refractivity contribution in [2.75, 3.05) is 44.2 Å². The van der Waals surface area contributed by atoms with Crippen LogP contribution in [0, 0.1) is 22.0 Å². The van der Waals surface area contributed by atoms with E-state index in [2.05, 4.69) is 23.6 Å². The van der Waals surface area contributed by atoms with E-state index in [1.54, 1.807) is 24.3 Å². The smallest absolute Gasteiger partial charge is 0.269 e. The minimum atomic E-state index is -0.378. The van der Waals surface area contributed by atoms with Gasteiger partial charge in [0.2, 0.25) is 5.91 Å². The van der Waals surface area contributed by atoms with Crippen LogP contribution in [0.4, 0.5) is 11.4 Å². The molecule has 2 aliphatic rings. The highest BCUT2D eigenvalue weighted by Gasteiger charge is 2.32. The quantitative estimate of drug-likeness (QED) is 0.598. The molecule has 2 fully saturated rings. The molecule has 0 spiro atoms. The van der Waals surface area contributed by atoms with Crippen LogP contribution in [0.15, 0.2) is 24.3 Å². The topological polar surface area (TPSA) is 69.9 Å². The number of non-ortho nitro benzene ring substituents is 1. The van der Waals surface area contributed by atoms with Gasteiger partial charge in [0.1, 0.15) is 0 Å². The Labute approximate surface area is 161 Å². The van der Waals surface area contributed by atoms with Crippen LogP contribution in [-0.4, -0.2) is 65.9 Å². The Morgan fingerprint density at radius 1 is 1.07 bits per heavy atom. The predicted octanol–water partition coefficient (Wildman–Crippen LogP) is 2.61. The van der Waals surface area contributed by atoms with Gasteiger partial charge in [-0.3, -0.25) is 19.8 Å². The second kappa shape index (κ2) is 8.25. The first-order valence-corrected chi connectivity index (χ1v) is 9.87. The average Bonchev–Trinajstić information content (AvgIpc) is 2.66. The van der Waals surface area contributed by atoms with Crippen molar-refractivity contribution in [2.45, 2.75) is 33.2 Å². The molecular formula is C20H30N4O3. The summed E-state index contributed by atoms with van der Waals surface area (Å²) in [6, 6.07) is 6.61. The molecule has 7 nitrogen and oxygen atoms in total. The summed E-state index contributed by atoms with van der Waals surface area (Å²) in [6.07, 6.45) is 1.20. The van der Waals surface area contributed by atoms with Gasteiger partial charge in [-0.1, -0.05) is 13.8 Å². The second-order valence-corrected chi connectivity index (χ2v) is 8.16. The number of nitro groups is 1. The number of piperidine rings is 1. The highest BCUT2D eigenvalue weighted by Crippen LogP contribution is 2.24. The van der Waals surface area contributed by atoms with Gasteiger partial charge in [0.15, 0.2) is 0 Å². The molecule has 1 aromatic rings. The lowest BCUT2D eigenvalue weighted by Gasteiger charge is -2.42. The van der Waals surface area contributed by atoms with E-state index in [9.17, 15) is 14.9 Å². The van der Waals surface area contributed by atoms with Gasteiger partial charge in [-0.2, -0.15) is 0 Å². The Morgan fingerprint density at radius 2 is 1.63 bits per heavy atom. The number of carbonyl (C=O) groups is 1. The normalized spacial score (nSPS) is 25.3. The van der Waals surface area contributed by atoms with Crippen molar-refractivity contribution in [3.63, 3.8) is 0 Å². The van der Waals surface area contributed by atoms with E-state index in [0.717, 1.165) is 45.0 Å². The Balaban J connectivity index is 1.55. The zero-order valence-electron chi connectivity index (χ0n) is 16.5. The van der Waals surface area contributed by atoms with Crippen LogP contribution in [0.1, 0.15) is 27.2 Å². The maximum absolute atomic E-state index is 12.9. The average molecular weight is 374 g/mol. The number of piperazine rings is 1. The third-order valence-electron chi connectivity index (χ3n) is 5.83. The summed E-state index contributed by atoms with van der Waals surface area (Å²) in [7, 11) is 0. The molecular weight excluding hydrogens is 344 g/mol. The summed E-state index contributed by atoms with van der Waals surface area (Å²) in [4.78, 5) is 29.9. The Kier molecular flexibility index (Phi) is 5.99. The standard InChI is InChI=1S/C20H30N4O3/c1-15-12-16(2)14-23(13-15)20(25)17(3)21-8-10-22(11-9-21)18-4-6-19(7-5-18)24(26)27/h4-7,15-17H,8-14H2,1-3H3/t15-,16-,17-/m1/s1. The molecule has 1 amide bonds. The Hall–Kier alpha value is -2.15. The van der Waals surface area contributed by atoms with Crippen LogP contribution >= 0.6 is 0 Å². The molecule has 3 atom stereocenters. The number of hydrogen-bond acceptors (Lipinski definition) is 5. The van der Waals surface area contributed by atoms with E-state index in [1.807, 2.05) is 11.8 Å². The number of hydrogen-bond donors (Lipinski definition) is 0. The molecule has 0 N–H and O–H groups in total. The first-order chi connectivity index (χ1) is 12.8. The van der Waals surface area contributed by atoms with E-state index >= 15 is 0 Å². The van der Waals surface area contributed by atoms with Gasteiger partial charge >= 0.3 is 0 Å². The van der Waals surface area contributed by atoms with Crippen molar-refractivity contribution in [3.8, 4) is 0 Å². The van der Waals surface area contributed by atoms with Gasteiger partial charge in [-0.05, 0) is 37.3 Å². The van der Waals surface area contributed by atoms with Crippen LogP contribution < -0.4 is 4.90 Å². The van der Waals surface area contributed by atoms with Gasteiger partial charge in [0.05, 0.1) is 11.0 Å². The summed E-state index contributed by atoms with van der Waals surface area (Å²) >= 11 is 0. The number of amides is 1. The van der Waals surface area contributed by atoms with Gasteiger partial charge in [0.25, 0.3) is 5.69 Å². The van der Waals surface area contributed by atoms with Gasteiger partial charge in [0, 0.05) is 57.1 Å². The van der Waals surface area contributed by atoms with E-state index < -0.39 is 0 Å². The number of nitro benzene ring substituents is 1. The summed E-state index contributed by atoms with van der Waals surface area (Å²) in [5.74, 6) is 1.39. The van der Waals surface area contributed by atoms with Crippen molar-refractivity contribution in [2.24, 2.45) is 11.8 Å². The maximum atomic E-state index is 12.9. The van der Waals surface area contributed by atoms with Crippen LogP contribution in [0.2, 0.25) is 0 Å². The number of benzene rings is 1. The molecule has 0 aliphatic carbocycles. The number of likely N-dealkylation sites (tertiary alicyclic amines) is 1. The number of carbonyl (C=O) groups excluding carboxylic acids is 1. The van der Waals surface area contributed by atoms with Crippen molar-refractivity contribution < 1.29 is 9.72 Å².